The molecule has 1 aromatic carbocycles. The highest BCUT2D eigenvalue weighted by molar-refractivity contribution is 5.27. The number of rotatable bonds is 5. The molecule has 0 radical (unpaired) electrons. The molecule has 2 nitrogen and oxygen atoms in total. The van der Waals surface area contributed by atoms with Crippen LogP contribution in [0.5, 0.6) is 0 Å². The molecule has 0 aromatic heterocycles. The molecule has 0 saturated heterocycles. The molecule has 2 heteroatoms. The second-order valence-electron chi connectivity index (χ2n) is 6.39. The third kappa shape index (κ3) is 4.79. The zero-order valence-corrected chi connectivity index (χ0v) is 12.7. The predicted molar refractivity (Wildman–Crippen MR) is 80.0 cm³/mol. The van der Waals surface area contributed by atoms with Crippen LogP contribution in [0.3, 0.4) is 0 Å². The van der Waals surface area contributed by atoms with E-state index in [4.69, 9.17) is 0 Å². The molecule has 0 aliphatic heterocycles. The van der Waals surface area contributed by atoms with Crippen LogP contribution in [0.4, 0.5) is 0 Å². The standard InChI is InChI=1S/C16H28N2/c1-13(18(5)6)11-17-12-14-7-9-15(10-8-14)16(2,3)4/h7-10,13,17H,11-12H2,1-6H3. The van der Waals surface area contributed by atoms with Gasteiger partial charge in [0.15, 0.2) is 0 Å². The molecular formula is C16H28N2. The van der Waals surface area contributed by atoms with Crippen molar-refractivity contribution in [2.45, 2.75) is 45.7 Å². The molecule has 0 amide bonds. The molecule has 0 heterocycles. The molecule has 0 spiro atoms. The van der Waals surface area contributed by atoms with Crippen LogP contribution in [-0.4, -0.2) is 31.6 Å². The van der Waals surface area contributed by atoms with Gasteiger partial charge in [0.25, 0.3) is 0 Å². The van der Waals surface area contributed by atoms with Crippen LogP contribution >= 0.6 is 0 Å². The van der Waals surface area contributed by atoms with Crippen molar-refractivity contribution in [3.63, 3.8) is 0 Å². The van der Waals surface area contributed by atoms with E-state index in [9.17, 15) is 0 Å². The first kappa shape index (κ1) is 15.2. The van der Waals surface area contributed by atoms with Gasteiger partial charge >= 0.3 is 0 Å². The van der Waals surface area contributed by atoms with Gasteiger partial charge in [0.1, 0.15) is 0 Å². The Morgan fingerprint density at radius 2 is 1.67 bits per heavy atom. The van der Waals surface area contributed by atoms with E-state index in [0.717, 1.165) is 13.1 Å². The van der Waals surface area contributed by atoms with Gasteiger partial charge < -0.3 is 10.2 Å². The predicted octanol–water partition coefficient (Wildman–Crippen LogP) is 3.02. The van der Waals surface area contributed by atoms with E-state index >= 15 is 0 Å². The summed E-state index contributed by atoms with van der Waals surface area (Å²) in [5.74, 6) is 0. The Hall–Kier alpha value is -0.860. The minimum atomic E-state index is 0.241. The van der Waals surface area contributed by atoms with Crippen LogP contribution in [0.1, 0.15) is 38.8 Å². The molecule has 0 aliphatic carbocycles. The van der Waals surface area contributed by atoms with Crippen molar-refractivity contribution in [3.8, 4) is 0 Å². The van der Waals surface area contributed by atoms with Crippen molar-refractivity contribution in [2.75, 3.05) is 20.6 Å². The summed E-state index contributed by atoms with van der Waals surface area (Å²) in [5, 5.41) is 3.50. The van der Waals surface area contributed by atoms with Gasteiger partial charge in [-0.05, 0) is 37.6 Å². The van der Waals surface area contributed by atoms with E-state index in [0.29, 0.717) is 6.04 Å². The topological polar surface area (TPSA) is 15.3 Å². The number of hydrogen-bond acceptors (Lipinski definition) is 2. The maximum atomic E-state index is 3.50. The quantitative estimate of drug-likeness (QED) is 0.861. The fourth-order valence-corrected chi connectivity index (χ4v) is 1.73. The number of benzene rings is 1. The highest BCUT2D eigenvalue weighted by Crippen LogP contribution is 2.22. The van der Waals surface area contributed by atoms with E-state index in [-0.39, 0.29) is 5.41 Å². The molecule has 1 aromatic rings. The van der Waals surface area contributed by atoms with Gasteiger partial charge in [0.2, 0.25) is 0 Å². The van der Waals surface area contributed by atoms with Crippen molar-refractivity contribution in [2.24, 2.45) is 0 Å². The Morgan fingerprint density at radius 3 is 2.11 bits per heavy atom. The summed E-state index contributed by atoms with van der Waals surface area (Å²) in [6.45, 7) is 10.9. The van der Waals surface area contributed by atoms with Crippen molar-refractivity contribution in [1.82, 2.24) is 10.2 Å². The zero-order valence-electron chi connectivity index (χ0n) is 12.7. The van der Waals surface area contributed by atoms with Crippen LogP contribution in [0.15, 0.2) is 24.3 Å². The molecule has 18 heavy (non-hydrogen) atoms. The summed E-state index contributed by atoms with van der Waals surface area (Å²) in [6.07, 6.45) is 0. The summed E-state index contributed by atoms with van der Waals surface area (Å²) in [4.78, 5) is 2.23. The largest absolute Gasteiger partial charge is 0.311 e. The summed E-state index contributed by atoms with van der Waals surface area (Å²) in [6, 6.07) is 9.51. The molecule has 1 N–H and O–H groups in total. The van der Waals surface area contributed by atoms with E-state index in [1.807, 2.05) is 0 Å². The summed E-state index contributed by atoms with van der Waals surface area (Å²) in [5.41, 5.74) is 2.99. The van der Waals surface area contributed by atoms with Gasteiger partial charge in [-0.1, -0.05) is 45.0 Å². The second kappa shape index (κ2) is 6.35. The molecule has 1 rings (SSSR count). The van der Waals surface area contributed by atoms with E-state index < -0.39 is 0 Å². The Balaban J connectivity index is 2.45. The molecule has 0 fully saturated rings. The summed E-state index contributed by atoms with van der Waals surface area (Å²) < 4.78 is 0. The van der Waals surface area contributed by atoms with Gasteiger partial charge in [-0.25, -0.2) is 0 Å². The second-order valence-corrected chi connectivity index (χ2v) is 6.39. The SMILES string of the molecule is CC(CNCc1ccc(C(C)(C)C)cc1)N(C)C. The zero-order chi connectivity index (χ0) is 13.8. The molecule has 1 atom stereocenters. The third-order valence-corrected chi connectivity index (χ3v) is 3.47. The van der Waals surface area contributed by atoms with Crippen LogP contribution in [-0.2, 0) is 12.0 Å². The molecule has 102 valence electrons. The van der Waals surface area contributed by atoms with Gasteiger partial charge in [0.05, 0.1) is 0 Å². The van der Waals surface area contributed by atoms with Crippen molar-refractivity contribution < 1.29 is 0 Å². The van der Waals surface area contributed by atoms with Crippen LogP contribution in [0.25, 0.3) is 0 Å². The lowest BCUT2D eigenvalue weighted by atomic mass is 9.87. The van der Waals surface area contributed by atoms with Crippen LogP contribution < -0.4 is 5.32 Å². The average Bonchev–Trinajstić information content (AvgIpc) is 2.28. The first-order chi connectivity index (χ1) is 8.30. The Kier molecular flexibility index (Phi) is 5.36. The van der Waals surface area contributed by atoms with Gasteiger partial charge in [-0.2, -0.15) is 0 Å². The highest BCUT2D eigenvalue weighted by atomic mass is 15.1. The Bertz CT molecular complexity index is 346. The normalized spacial score (nSPS) is 13.9. The van der Waals surface area contributed by atoms with Crippen LogP contribution in [0, 0.1) is 0 Å². The maximum absolute atomic E-state index is 3.50. The van der Waals surface area contributed by atoms with E-state index in [1.165, 1.54) is 11.1 Å². The van der Waals surface area contributed by atoms with Crippen molar-refractivity contribution in [1.29, 1.82) is 0 Å². The monoisotopic (exact) mass is 248 g/mol. The Labute approximate surface area is 112 Å². The fourth-order valence-electron chi connectivity index (χ4n) is 1.73. The number of likely N-dealkylation sites (N-methyl/N-ethyl adjacent to an activating group) is 1. The number of nitrogens with one attached hydrogen (secondary N) is 1. The van der Waals surface area contributed by atoms with Crippen molar-refractivity contribution in [3.05, 3.63) is 35.4 Å². The molecule has 0 aliphatic rings. The average molecular weight is 248 g/mol. The summed E-state index contributed by atoms with van der Waals surface area (Å²) >= 11 is 0. The molecule has 0 saturated carbocycles. The van der Waals surface area contributed by atoms with Gasteiger partial charge in [0, 0.05) is 19.1 Å². The minimum absolute atomic E-state index is 0.241. The van der Waals surface area contributed by atoms with Gasteiger partial charge in [-0.3, -0.25) is 0 Å². The maximum Gasteiger partial charge on any atom is 0.0206 e. The van der Waals surface area contributed by atoms with E-state index in [1.54, 1.807) is 0 Å². The smallest absolute Gasteiger partial charge is 0.0206 e. The number of nitrogens with zero attached hydrogens (tertiary/aromatic N) is 1. The summed E-state index contributed by atoms with van der Waals surface area (Å²) in [7, 11) is 4.23. The van der Waals surface area contributed by atoms with Crippen molar-refractivity contribution >= 4 is 0 Å². The van der Waals surface area contributed by atoms with Crippen LogP contribution in [0.2, 0.25) is 0 Å². The fraction of sp³-hybridized carbons (Fsp3) is 0.625. The first-order valence-electron chi connectivity index (χ1n) is 6.77. The minimum Gasteiger partial charge on any atom is -0.311 e. The lowest BCUT2D eigenvalue weighted by molar-refractivity contribution is 0.302. The highest BCUT2D eigenvalue weighted by Gasteiger charge is 2.12. The first-order valence-corrected chi connectivity index (χ1v) is 6.77. The van der Waals surface area contributed by atoms with E-state index in [2.05, 4.69) is 76.3 Å². The molecule has 0 bridgehead atoms. The lowest BCUT2D eigenvalue weighted by Gasteiger charge is -2.21. The molecule has 1 unspecified atom stereocenters. The Morgan fingerprint density at radius 1 is 1.11 bits per heavy atom. The molecular weight excluding hydrogens is 220 g/mol. The third-order valence-electron chi connectivity index (χ3n) is 3.47. The lowest BCUT2D eigenvalue weighted by Crippen LogP contribution is -2.35. The van der Waals surface area contributed by atoms with Gasteiger partial charge in [-0.15, -0.1) is 0 Å². The number of hydrogen-bond donors (Lipinski definition) is 1.